The molecule has 2 N–H and O–H groups in total. The Hall–Kier alpha value is -1.06. The lowest BCUT2D eigenvalue weighted by molar-refractivity contribution is 0.187. The number of para-hydroxylation sites is 1. The Labute approximate surface area is 97.4 Å². The van der Waals surface area contributed by atoms with Crippen LogP contribution in [0.15, 0.2) is 24.3 Å². The number of aliphatic hydroxyl groups excluding tert-OH is 1. The van der Waals surface area contributed by atoms with E-state index < -0.39 is 0 Å². The van der Waals surface area contributed by atoms with Crippen LogP contribution in [0.1, 0.15) is 24.9 Å². The van der Waals surface area contributed by atoms with Gasteiger partial charge in [-0.25, -0.2) is 0 Å². The third-order valence-corrected chi connectivity index (χ3v) is 3.02. The molecule has 0 radical (unpaired) electrons. The van der Waals surface area contributed by atoms with Gasteiger partial charge < -0.3 is 15.2 Å². The number of aliphatic hydroxyl groups is 1. The molecule has 3 nitrogen and oxygen atoms in total. The fourth-order valence-corrected chi connectivity index (χ4v) is 2.04. The Balaban J connectivity index is 3.02. The van der Waals surface area contributed by atoms with E-state index in [1.807, 2.05) is 31.3 Å². The van der Waals surface area contributed by atoms with Gasteiger partial charge >= 0.3 is 0 Å². The van der Waals surface area contributed by atoms with Gasteiger partial charge in [-0.15, -0.1) is 0 Å². The first-order valence-corrected chi connectivity index (χ1v) is 5.69. The molecule has 0 fully saturated rings. The van der Waals surface area contributed by atoms with Gasteiger partial charge in [0.1, 0.15) is 5.75 Å². The van der Waals surface area contributed by atoms with Crippen LogP contribution < -0.4 is 10.1 Å². The minimum Gasteiger partial charge on any atom is -0.496 e. The molecule has 2 unspecified atom stereocenters. The number of nitrogens with one attached hydrogen (secondary N) is 1. The van der Waals surface area contributed by atoms with Crippen LogP contribution in [0.2, 0.25) is 0 Å². The van der Waals surface area contributed by atoms with E-state index in [1.165, 1.54) is 0 Å². The molecule has 1 rings (SSSR count). The summed E-state index contributed by atoms with van der Waals surface area (Å²) in [6.07, 6.45) is 0.931. The van der Waals surface area contributed by atoms with Crippen LogP contribution in [-0.4, -0.2) is 25.9 Å². The average molecular weight is 223 g/mol. The lowest BCUT2D eigenvalue weighted by Gasteiger charge is -2.26. The molecule has 0 heterocycles. The summed E-state index contributed by atoms with van der Waals surface area (Å²) in [5.41, 5.74) is 1.11. The van der Waals surface area contributed by atoms with Crippen LogP contribution in [0.5, 0.6) is 5.75 Å². The average Bonchev–Trinajstić information content (AvgIpc) is 2.35. The number of hydrogen-bond donors (Lipinski definition) is 2. The highest BCUT2D eigenvalue weighted by molar-refractivity contribution is 5.36. The van der Waals surface area contributed by atoms with Crippen LogP contribution in [-0.2, 0) is 0 Å². The van der Waals surface area contributed by atoms with E-state index in [0.717, 1.165) is 17.7 Å². The molecular formula is C13H21NO2. The van der Waals surface area contributed by atoms with Crippen LogP contribution in [0.3, 0.4) is 0 Å². The summed E-state index contributed by atoms with van der Waals surface area (Å²) in [6.45, 7) is 2.26. The third kappa shape index (κ3) is 2.74. The van der Waals surface area contributed by atoms with Gasteiger partial charge in [0.15, 0.2) is 0 Å². The first-order valence-electron chi connectivity index (χ1n) is 5.69. The second kappa shape index (κ2) is 6.51. The predicted molar refractivity (Wildman–Crippen MR) is 65.7 cm³/mol. The van der Waals surface area contributed by atoms with Crippen molar-refractivity contribution in [1.82, 2.24) is 5.32 Å². The lowest BCUT2D eigenvalue weighted by Crippen LogP contribution is -2.27. The van der Waals surface area contributed by atoms with Crippen LogP contribution in [0, 0.1) is 5.92 Å². The van der Waals surface area contributed by atoms with Crippen molar-refractivity contribution in [2.45, 2.75) is 19.4 Å². The van der Waals surface area contributed by atoms with Crippen molar-refractivity contribution < 1.29 is 9.84 Å². The highest BCUT2D eigenvalue weighted by Crippen LogP contribution is 2.30. The Morgan fingerprint density at radius 2 is 2.06 bits per heavy atom. The molecule has 0 aliphatic heterocycles. The molecule has 0 bridgehead atoms. The number of rotatable bonds is 6. The second-order valence-electron chi connectivity index (χ2n) is 3.86. The maximum Gasteiger partial charge on any atom is 0.123 e. The molecule has 1 aromatic carbocycles. The molecule has 90 valence electrons. The van der Waals surface area contributed by atoms with Crippen molar-refractivity contribution >= 4 is 0 Å². The summed E-state index contributed by atoms with van der Waals surface area (Å²) in [5.74, 6) is 1.08. The van der Waals surface area contributed by atoms with Gasteiger partial charge in [0, 0.05) is 24.1 Å². The van der Waals surface area contributed by atoms with Gasteiger partial charge in [-0.05, 0) is 19.5 Å². The van der Waals surface area contributed by atoms with Gasteiger partial charge in [-0.3, -0.25) is 0 Å². The van der Waals surface area contributed by atoms with E-state index >= 15 is 0 Å². The third-order valence-electron chi connectivity index (χ3n) is 3.02. The molecule has 0 saturated heterocycles. The molecule has 16 heavy (non-hydrogen) atoms. The topological polar surface area (TPSA) is 41.5 Å². The van der Waals surface area contributed by atoms with Crippen LogP contribution >= 0.6 is 0 Å². The van der Waals surface area contributed by atoms with Gasteiger partial charge in [-0.1, -0.05) is 25.1 Å². The predicted octanol–water partition coefficient (Wildman–Crippen LogP) is 1.97. The zero-order valence-electron chi connectivity index (χ0n) is 10.2. The summed E-state index contributed by atoms with van der Waals surface area (Å²) < 4.78 is 5.35. The van der Waals surface area contributed by atoms with E-state index in [0.29, 0.717) is 0 Å². The minimum absolute atomic E-state index is 0.131. The number of ether oxygens (including phenoxy) is 1. The molecule has 0 amide bonds. The maximum absolute atomic E-state index is 9.37. The van der Waals surface area contributed by atoms with Crippen molar-refractivity contribution in [3.63, 3.8) is 0 Å². The molecule has 2 atom stereocenters. The van der Waals surface area contributed by atoms with Crippen LogP contribution in [0.4, 0.5) is 0 Å². The molecule has 0 saturated carbocycles. The summed E-state index contributed by atoms with van der Waals surface area (Å²) in [5, 5.41) is 12.6. The highest BCUT2D eigenvalue weighted by Gasteiger charge is 2.22. The quantitative estimate of drug-likeness (QED) is 0.774. The lowest BCUT2D eigenvalue weighted by atomic mass is 9.91. The zero-order valence-corrected chi connectivity index (χ0v) is 10.2. The minimum atomic E-state index is 0.131. The van der Waals surface area contributed by atoms with Gasteiger partial charge in [-0.2, -0.15) is 0 Å². The van der Waals surface area contributed by atoms with Gasteiger partial charge in [0.05, 0.1) is 7.11 Å². The molecular weight excluding hydrogens is 202 g/mol. The Morgan fingerprint density at radius 1 is 1.38 bits per heavy atom. The number of benzene rings is 1. The normalized spacial score (nSPS) is 14.5. The monoisotopic (exact) mass is 223 g/mol. The van der Waals surface area contributed by atoms with Gasteiger partial charge in [0.2, 0.25) is 0 Å². The fourth-order valence-electron chi connectivity index (χ4n) is 2.04. The van der Waals surface area contributed by atoms with Crippen molar-refractivity contribution in [3.05, 3.63) is 29.8 Å². The molecule has 0 aliphatic carbocycles. The van der Waals surface area contributed by atoms with Crippen molar-refractivity contribution in [2.75, 3.05) is 20.8 Å². The van der Waals surface area contributed by atoms with Crippen LogP contribution in [0.25, 0.3) is 0 Å². The van der Waals surface area contributed by atoms with Crippen molar-refractivity contribution in [3.8, 4) is 5.75 Å². The molecule has 0 aliphatic rings. The van der Waals surface area contributed by atoms with Gasteiger partial charge in [0.25, 0.3) is 0 Å². The first-order chi connectivity index (χ1) is 7.78. The molecule has 3 heteroatoms. The fraction of sp³-hybridized carbons (Fsp3) is 0.538. The highest BCUT2D eigenvalue weighted by atomic mass is 16.5. The van der Waals surface area contributed by atoms with E-state index in [-0.39, 0.29) is 18.6 Å². The standard InChI is InChI=1S/C13H21NO2/c1-4-10(9-15)13(14-2)11-7-5-6-8-12(11)16-3/h5-8,10,13-15H,4,9H2,1-3H3. The molecule has 1 aromatic rings. The summed E-state index contributed by atoms with van der Waals surface area (Å²) in [7, 11) is 3.58. The molecule has 0 spiro atoms. The van der Waals surface area contributed by atoms with E-state index in [4.69, 9.17) is 4.74 Å². The summed E-state index contributed by atoms with van der Waals surface area (Å²) >= 11 is 0. The molecule has 0 aromatic heterocycles. The van der Waals surface area contributed by atoms with Crippen molar-refractivity contribution in [2.24, 2.45) is 5.92 Å². The maximum atomic E-state index is 9.37. The Kier molecular flexibility index (Phi) is 5.29. The summed E-state index contributed by atoms with van der Waals surface area (Å²) in [4.78, 5) is 0. The summed E-state index contributed by atoms with van der Waals surface area (Å²) in [6, 6.07) is 8.06. The van der Waals surface area contributed by atoms with E-state index in [1.54, 1.807) is 7.11 Å². The Bertz CT molecular complexity index is 311. The van der Waals surface area contributed by atoms with E-state index in [2.05, 4.69) is 12.2 Å². The number of methoxy groups -OCH3 is 1. The smallest absolute Gasteiger partial charge is 0.123 e. The number of hydrogen-bond acceptors (Lipinski definition) is 3. The SMILES string of the molecule is CCC(CO)C(NC)c1ccccc1OC. The largest absolute Gasteiger partial charge is 0.496 e. The van der Waals surface area contributed by atoms with E-state index in [9.17, 15) is 5.11 Å². The zero-order chi connectivity index (χ0) is 12.0. The second-order valence-corrected chi connectivity index (χ2v) is 3.86. The Morgan fingerprint density at radius 3 is 2.56 bits per heavy atom. The first kappa shape index (κ1) is 13.0. The van der Waals surface area contributed by atoms with Crippen molar-refractivity contribution in [1.29, 1.82) is 0 Å².